The number of hydrogen-bond acceptors (Lipinski definition) is 5. The molecule has 33 heavy (non-hydrogen) atoms. The Labute approximate surface area is 197 Å². The zero-order chi connectivity index (χ0) is 23.7. The van der Waals surface area contributed by atoms with E-state index in [2.05, 4.69) is 10.6 Å². The smallest absolute Gasteiger partial charge is 0.315 e. The third-order valence-electron chi connectivity index (χ3n) is 6.77. The van der Waals surface area contributed by atoms with Crippen molar-refractivity contribution in [3.63, 3.8) is 0 Å². The number of nitrogens with zero attached hydrogens (tertiary/aromatic N) is 1. The lowest BCUT2D eigenvalue weighted by molar-refractivity contribution is -0.145. The van der Waals surface area contributed by atoms with E-state index in [1.165, 1.54) is 0 Å². The Morgan fingerprint density at radius 3 is 2.39 bits per heavy atom. The summed E-state index contributed by atoms with van der Waals surface area (Å²) < 4.78 is 32.2. The molecule has 2 N–H and O–H groups in total. The molecular formula is C24H37N3O5S. The zero-order valence-corrected chi connectivity index (χ0v) is 20.4. The maximum Gasteiger partial charge on any atom is 0.315 e. The second kappa shape index (κ2) is 11.8. The molecule has 2 aliphatic rings. The molecule has 1 aliphatic heterocycles. The first kappa shape index (κ1) is 25.5. The topological polar surface area (TPSA) is 105 Å². The number of piperidine rings is 1. The molecule has 9 heteroatoms. The first-order valence-electron chi connectivity index (χ1n) is 12.1. The Hall–Kier alpha value is -2.13. The van der Waals surface area contributed by atoms with Crippen LogP contribution in [0.5, 0.6) is 0 Å². The van der Waals surface area contributed by atoms with Crippen molar-refractivity contribution >= 4 is 22.0 Å². The van der Waals surface area contributed by atoms with Gasteiger partial charge in [-0.15, -0.1) is 0 Å². The summed E-state index contributed by atoms with van der Waals surface area (Å²) in [5.74, 6) is 0.104. The molecular weight excluding hydrogens is 442 g/mol. The van der Waals surface area contributed by atoms with Crippen LogP contribution < -0.4 is 10.6 Å². The minimum absolute atomic E-state index is 0.211. The van der Waals surface area contributed by atoms with E-state index in [-0.39, 0.29) is 18.4 Å². The Morgan fingerprint density at radius 2 is 1.76 bits per heavy atom. The molecule has 1 aromatic carbocycles. The number of rotatable bonds is 9. The summed E-state index contributed by atoms with van der Waals surface area (Å²) in [6, 6.07) is 8.29. The van der Waals surface area contributed by atoms with Crippen molar-refractivity contribution in [3.05, 3.63) is 30.3 Å². The average Bonchev–Trinajstić information content (AvgIpc) is 2.80. The van der Waals surface area contributed by atoms with Crippen molar-refractivity contribution in [2.24, 2.45) is 5.92 Å². The number of carbonyl (C=O) groups is 2. The van der Waals surface area contributed by atoms with Gasteiger partial charge in [-0.05, 0) is 57.1 Å². The van der Waals surface area contributed by atoms with Crippen LogP contribution in [0.25, 0.3) is 0 Å². The number of nitrogens with one attached hydrogen (secondary N) is 2. The molecule has 0 bridgehead atoms. The number of esters is 1. The molecule has 0 aromatic heterocycles. The van der Waals surface area contributed by atoms with Crippen LogP contribution in [0, 0.1) is 5.92 Å². The lowest BCUT2D eigenvalue weighted by Gasteiger charge is -2.37. The lowest BCUT2D eigenvalue weighted by Crippen LogP contribution is -2.54. The molecule has 8 nitrogen and oxygen atoms in total. The van der Waals surface area contributed by atoms with E-state index in [1.807, 2.05) is 0 Å². The lowest BCUT2D eigenvalue weighted by atomic mass is 9.79. The Morgan fingerprint density at radius 1 is 1.09 bits per heavy atom. The Balaban J connectivity index is 1.42. The van der Waals surface area contributed by atoms with Gasteiger partial charge in [0, 0.05) is 19.6 Å². The van der Waals surface area contributed by atoms with Crippen LogP contribution in [0.2, 0.25) is 0 Å². The molecule has 0 radical (unpaired) electrons. The minimum atomic E-state index is -3.44. The minimum Gasteiger partial charge on any atom is -0.466 e. The molecule has 0 atom stereocenters. The van der Waals surface area contributed by atoms with Crippen LogP contribution >= 0.6 is 0 Å². The van der Waals surface area contributed by atoms with Gasteiger partial charge in [-0.3, -0.25) is 4.79 Å². The second-order valence-corrected chi connectivity index (χ2v) is 11.1. The second-order valence-electron chi connectivity index (χ2n) is 9.15. The molecule has 0 unspecified atom stereocenters. The van der Waals surface area contributed by atoms with E-state index >= 15 is 0 Å². The van der Waals surface area contributed by atoms with Gasteiger partial charge in [-0.1, -0.05) is 37.5 Å². The van der Waals surface area contributed by atoms with E-state index < -0.39 is 15.6 Å². The van der Waals surface area contributed by atoms with Crippen LogP contribution in [0.3, 0.4) is 0 Å². The van der Waals surface area contributed by atoms with E-state index in [0.29, 0.717) is 37.1 Å². The van der Waals surface area contributed by atoms with Crippen molar-refractivity contribution in [2.45, 2.75) is 75.1 Å². The zero-order valence-electron chi connectivity index (χ0n) is 19.6. The fraction of sp³-hybridized carbons (Fsp3) is 0.667. The van der Waals surface area contributed by atoms with Gasteiger partial charge in [0.25, 0.3) is 0 Å². The van der Waals surface area contributed by atoms with Gasteiger partial charge in [-0.25, -0.2) is 13.2 Å². The summed E-state index contributed by atoms with van der Waals surface area (Å²) in [7, 11) is -3.44. The molecule has 1 heterocycles. The van der Waals surface area contributed by atoms with E-state index in [9.17, 15) is 18.0 Å². The van der Waals surface area contributed by atoms with Crippen LogP contribution in [0.4, 0.5) is 4.79 Å². The van der Waals surface area contributed by atoms with E-state index in [4.69, 9.17) is 4.74 Å². The molecule has 1 saturated carbocycles. The third-order valence-corrected chi connectivity index (χ3v) is 8.68. The van der Waals surface area contributed by atoms with E-state index in [0.717, 1.165) is 51.4 Å². The maximum atomic E-state index is 12.8. The standard InChI is InChI=1S/C24H37N3O5S/c1-2-32-22(28)19-24(14-7-4-8-15-24)26-23(29)25-16-11-20-12-17-27(18-13-20)33(30,31)21-9-5-3-6-10-21/h3,5-6,9-10,20H,2,4,7-8,11-19H2,1H3,(H2,25,26,29). The number of hydrogen-bond donors (Lipinski definition) is 2. The summed E-state index contributed by atoms with van der Waals surface area (Å²) in [5.41, 5.74) is -0.522. The Kier molecular flexibility index (Phi) is 9.14. The molecule has 0 spiro atoms. The number of carbonyl (C=O) groups excluding carboxylic acids is 2. The number of benzene rings is 1. The highest BCUT2D eigenvalue weighted by atomic mass is 32.2. The number of urea groups is 1. The van der Waals surface area contributed by atoms with Gasteiger partial charge < -0.3 is 15.4 Å². The monoisotopic (exact) mass is 479 g/mol. The molecule has 1 aliphatic carbocycles. The van der Waals surface area contributed by atoms with Crippen LogP contribution in [-0.4, -0.2) is 56.5 Å². The predicted octanol–water partition coefficient (Wildman–Crippen LogP) is 3.43. The van der Waals surface area contributed by atoms with Crippen molar-refractivity contribution in [1.29, 1.82) is 0 Å². The average molecular weight is 480 g/mol. The van der Waals surface area contributed by atoms with E-state index in [1.54, 1.807) is 41.6 Å². The highest BCUT2D eigenvalue weighted by Crippen LogP contribution is 2.31. The van der Waals surface area contributed by atoms with Crippen molar-refractivity contribution in [2.75, 3.05) is 26.2 Å². The summed E-state index contributed by atoms with van der Waals surface area (Å²) in [4.78, 5) is 25.0. The quantitative estimate of drug-likeness (QED) is 0.528. The van der Waals surface area contributed by atoms with Crippen molar-refractivity contribution in [1.82, 2.24) is 14.9 Å². The van der Waals surface area contributed by atoms with Gasteiger partial charge in [0.15, 0.2) is 0 Å². The summed E-state index contributed by atoms with van der Waals surface area (Å²) in [6.45, 7) is 3.64. The van der Waals surface area contributed by atoms with Gasteiger partial charge in [0.05, 0.1) is 23.5 Å². The number of amides is 2. The largest absolute Gasteiger partial charge is 0.466 e. The third kappa shape index (κ3) is 7.17. The molecule has 1 aromatic rings. The fourth-order valence-electron chi connectivity index (χ4n) is 4.92. The highest BCUT2D eigenvalue weighted by molar-refractivity contribution is 7.89. The highest BCUT2D eigenvalue weighted by Gasteiger charge is 2.36. The molecule has 3 rings (SSSR count). The normalized spacial score (nSPS) is 19.5. The van der Waals surface area contributed by atoms with Crippen molar-refractivity contribution < 1.29 is 22.7 Å². The summed E-state index contributed by atoms with van der Waals surface area (Å²) >= 11 is 0. The number of ether oxygens (including phenoxy) is 1. The van der Waals surface area contributed by atoms with Crippen molar-refractivity contribution in [3.8, 4) is 0 Å². The van der Waals surface area contributed by atoms with Crippen LogP contribution in [-0.2, 0) is 19.6 Å². The van der Waals surface area contributed by atoms with Gasteiger partial charge in [0.2, 0.25) is 10.0 Å². The van der Waals surface area contributed by atoms with Crippen LogP contribution in [0.15, 0.2) is 35.2 Å². The first-order valence-corrected chi connectivity index (χ1v) is 13.6. The van der Waals surface area contributed by atoms with Gasteiger partial charge in [0.1, 0.15) is 0 Å². The maximum absolute atomic E-state index is 12.8. The summed E-state index contributed by atoms with van der Waals surface area (Å²) in [6.07, 6.45) is 7.24. The van der Waals surface area contributed by atoms with Crippen LogP contribution in [0.1, 0.15) is 64.7 Å². The fourth-order valence-corrected chi connectivity index (χ4v) is 6.41. The number of sulfonamides is 1. The molecule has 2 fully saturated rings. The molecule has 184 valence electrons. The first-order chi connectivity index (χ1) is 15.8. The molecule has 1 saturated heterocycles. The summed E-state index contributed by atoms with van der Waals surface area (Å²) in [5, 5.41) is 6.01. The molecule has 2 amide bonds. The SMILES string of the molecule is CCOC(=O)CC1(NC(=O)NCCC2CCN(S(=O)(=O)c3ccccc3)CC2)CCCCC1. The predicted molar refractivity (Wildman–Crippen MR) is 126 cm³/mol. The van der Waals surface area contributed by atoms with Gasteiger partial charge >= 0.3 is 12.0 Å². The van der Waals surface area contributed by atoms with Gasteiger partial charge in [-0.2, -0.15) is 4.31 Å². The Bertz CT molecular complexity index is 877.